The third-order valence-corrected chi connectivity index (χ3v) is 6.16. The van der Waals surface area contributed by atoms with Gasteiger partial charge in [-0.1, -0.05) is 29.8 Å². The van der Waals surface area contributed by atoms with Crippen LogP contribution in [-0.2, 0) is 21.4 Å². The number of hydrogen-bond acceptors (Lipinski definition) is 4. The molecule has 0 fully saturated rings. The quantitative estimate of drug-likeness (QED) is 0.642. The number of hydrogen-bond donors (Lipinski definition) is 0. The second kappa shape index (κ2) is 9.23. The molecular weight excluding hydrogens is 400 g/mol. The van der Waals surface area contributed by atoms with Crippen LogP contribution in [0.25, 0.3) is 6.08 Å². The van der Waals surface area contributed by atoms with Crippen molar-refractivity contribution in [2.24, 2.45) is 0 Å². The first-order valence-corrected chi connectivity index (χ1v) is 10.2. The van der Waals surface area contributed by atoms with E-state index in [1.165, 1.54) is 33.3 Å². The van der Waals surface area contributed by atoms with E-state index in [1.54, 1.807) is 42.3 Å². The van der Waals surface area contributed by atoms with Crippen molar-refractivity contribution < 1.29 is 17.9 Å². The summed E-state index contributed by atoms with van der Waals surface area (Å²) in [5, 5.41) is 0.639. The highest BCUT2D eigenvalue weighted by atomic mass is 35.5. The minimum atomic E-state index is -3.67. The molecule has 0 N–H and O–H groups in total. The average molecular weight is 423 g/mol. The molecule has 0 heterocycles. The molecule has 6 nitrogen and oxygen atoms in total. The van der Waals surface area contributed by atoms with Gasteiger partial charge in [-0.2, -0.15) is 0 Å². The van der Waals surface area contributed by atoms with Gasteiger partial charge in [0.05, 0.1) is 7.11 Å². The van der Waals surface area contributed by atoms with Crippen LogP contribution < -0.4 is 4.74 Å². The summed E-state index contributed by atoms with van der Waals surface area (Å²) in [6.07, 6.45) is 2.98. The van der Waals surface area contributed by atoms with Crippen LogP contribution in [0.3, 0.4) is 0 Å². The Labute approximate surface area is 171 Å². The Balaban J connectivity index is 2.18. The van der Waals surface area contributed by atoms with Crippen molar-refractivity contribution in [2.75, 3.05) is 28.3 Å². The Kier molecular flexibility index (Phi) is 7.23. The first-order valence-electron chi connectivity index (χ1n) is 8.43. The van der Waals surface area contributed by atoms with E-state index in [0.717, 1.165) is 9.87 Å². The second-order valence-corrected chi connectivity index (χ2v) is 8.91. The highest BCUT2D eigenvalue weighted by Gasteiger charge is 2.22. The van der Waals surface area contributed by atoms with Gasteiger partial charge < -0.3 is 9.64 Å². The Morgan fingerprint density at radius 1 is 1.11 bits per heavy atom. The summed E-state index contributed by atoms with van der Waals surface area (Å²) in [6, 6.07) is 12.0. The van der Waals surface area contributed by atoms with Crippen LogP contribution in [0.5, 0.6) is 5.75 Å². The molecule has 0 saturated carbocycles. The molecule has 0 spiro atoms. The number of carbonyl (C=O) groups excluding carboxylic acids is 1. The van der Waals surface area contributed by atoms with E-state index in [9.17, 15) is 13.2 Å². The van der Waals surface area contributed by atoms with Crippen LogP contribution >= 0.6 is 11.6 Å². The van der Waals surface area contributed by atoms with Gasteiger partial charge in [0.25, 0.3) is 0 Å². The molecule has 0 atom stereocenters. The third kappa shape index (κ3) is 5.34. The van der Waals surface area contributed by atoms with Crippen molar-refractivity contribution in [1.82, 2.24) is 9.21 Å². The standard InChI is InChI=1S/C20H23ClN2O4S/c1-22(2)28(25,26)19-13-15(7-11-18(19)27-4)8-12-20(24)23(3)14-16-5-9-17(21)10-6-16/h5-13H,14H2,1-4H3/b12-8+. The maximum absolute atomic E-state index is 12.5. The van der Waals surface area contributed by atoms with Gasteiger partial charge in [-0.05, 0) is 41.5 Å². The largest absolute Gasteiger partial charge is 0.495 e. The van der Waals surface area contributed by atoms with Gasteiger partial charge in [0.1, 0.15) is 10.6 Å². The third-order valence-electron chi connectivity index (χ3n) is 4.07. The lowest BCUT2D eigenvalue weighted by atomic mass is 10.2. The number of methoxy groups -OCH3 is 1. The number of ether oxygens (including phenoxy) is 1. The van der Waals surface area contributed by atoms with Gasteiger partial charge in [0.2, 0.25) is 15.9 Å². The molecule has 2 aromatic rings. The van der Waals surface area contributed by atoms with E-state index in [0.29, 0.717) is 17.1 Å². The number of likely N-dealkylation sites (N-methyl/N-ethyl adjacent to an activating group) is 1. The Morgan fingerprint density at radius 2 is 1.75 bits per heavy atom. The Bertz CT molecular complexity index is 970. The van der Waals surface area contributed by atoms with Crippen molar-refractivity contribution in [3.8, 4) is 5.75 Å². The number of nitrogens with zero attached hydrogens (tertiary/aromatic N) is 2. The molecule has 8 heteroatoms. The molecule has 0 aliphatic rings. The van der Waals surface area contributed by atoms with Crippen molar-refractivity contribution >= 4 is 33.6 Å². The second-order valence-electron chi connectivity index (χ2n) is 6.35. The lowest BCUT2D eigenvalue weighted by Gasteiger charge is -2.16. The lowest BCUT2D eigenvalue weighted by Crippen LogP contribution is -2.24. The number of amides is 1. The molecule has 0 aliphatic heterocycles. The van der Waals surface area contributed by atoms with E-state index in [-0.39, 0.29) is 16.6 Å². The summed E-state index contributed by atoms with van der Waals surface area (Å²) in [5.41, 5.74) is 1.53. The first kappa shape index (κ1) is 21.9. The summed E-state index contributed by atoms with van der Waals surface area (Å²) in [6.45, 7) is 0.434. The van der Waals surface area contributed by atoms with Gasteiger partial charge in [0, 0.05) is 38.8 Å². The average Bonchev–Trinajstić information content (AvgIpc) is 2.67. The summed E-state index contributed by atoms with van der Waals surface area (Å²) in [5.74, 6) is 0.0415. The van der Waals surface area contributed by atoms with Gasteiger partial charge in [-0.15, -0.1) is 0 Å². The Morgan fingerprint density at radius 3 is 2.32 bits per heavy atom. The molecule has 1 amide bonds. The molecule has 0 radical (unpaired) electrons. The number of rotatable bonds is 7. The lowest BCUT2D eigenvalue weighted by molar-refractivity contribution is -0.125. The van der Waals surface area contributed by atoms with Gasteiger partial charge in [-0.25, -0.2) is 12.7 Å². The monoisotopic (exact) mass is 422 g/mol. The summed E-state index contributed by atoms with van der Waals surface area (Å²) < 4.78 is 31.2. The van der Waals surface area contributed by atoms with E-state index < -0.39 is 10.0 Å². The number of benzene rings is 2. The summed E-state index contributed by atoms with van der Waals surface area (Å²) in [4.78, 5) is 14.0. The molecule has 0 aliphatic carbocycles. The maximum atomic E-state index is 12.5. The minimum absolute atomic E-state index is 0.0455. The maximum Gasteiger partial charge on any atom is 0.246 e. The van der Waals surface area contributed by atoms with Crippen LogP contribution in [0.4, 0.5) is 0 Å². The molecule has 0 aromatic heterocycles. The van der Waals surface area contributed by atoms with Crippen molar-refractivity contribution in [3.63, 3.8) is 0 Å². The van der Waals surface area contributed by atoms with Crippen LogP contribution in [0.2, 0.25) is 5.02 Å². The van der Waals surface area contributed by atoms with Gasteiger partial charge in [0.15, 0.2) is 0 Å². The highest BCUT2D eigenvalue weighted by molar-refractivity contribution is 7.89. The summed E-state index contributed by atoms with van der Waals surface area (Å²) in [7, 11) is 2.33. The van der Waals surface area contributed by atoms with Crippen molar-refractivity contribution in [2.45, 2.75) is 11.4 Å². The van der Waals surface area contributed by atoms with Crippen LogP contribution in [0.1, 0.15) is 11.1 Å². The smallest absolute Gasteiger partial charge is 0.246 e. The van der Waals surface area contributed by atoms with Crippen molar-refractivity contribution in [3.05, 3.63) is 64.7 Å². The predicted octanol–water partition coefficient (Wildman–Crippen LogP) is 3.27. The predicted molar refractivity (Wildman–Crippen MR) is 111 cm³/mol. The highest BCUT2D eigenvalue weighted by Crippen LogP contribution is 2.27. The van der Waals surface area contributed by atoms with Crippen LogP contribution in [0, 0.1) is 0 Å². The minimum Gasteiger partial charge on any atom is -0.495 e. The fourth-order valence-corrected chi connectivity index (χ4v) is 3.64. The van der Waals surface area contributed by atoms with E-state index >= 15 is 0 Å². The number of carbonyl (C=O) groups is 1. The SMILES string of the molecule is COc1ccc(/C=C/C(=O)N(C)Cc2ccc(Cl)cc2)cc1S(=O)(=O)N(C)C. The fraction of sp³-hybridized carbons (Fsp3) is 0.250. The molecule has 0 unspecified atom stereocenters. The zero-order chi connectivity index (χ0) is 20.9. The van der Waals surface area contributed by atoms with E-state index in [4.69, 9.17) is 16.3 Å². The normalized spacial score (nSPS) is 11.8. The molecule has 28 heavy (non-hydrogen) atoms. The Hall–Kier alpha value is -2.35. The molecular formula is C20H23ClN2O4S. The molecule has 0 bridgehead atoms. The zero-order valence-electron chi connectivity index (χ0n) is 16.2. The van der Waals surface area contributed by atoms with Crippen LogP contribution in [0.15, 0.2) is 53.4 Å². The first-order chi connectivity index (χ1) is 13.1. The van der Waals surface area contributed by atoms with E-state index in [1.807, 2.05) is 12.1 Å². The molecule has 2 rings (SSSR count). The summed E-state index contributed by atoms with van der Waals surface area (Å²) >= 11 is 5.87. The van der Waals surface area contributed by atoms with E-state index in [2.05, 4.69) is 0 Å². The molecule has 150 valence electrons. The van der Waals surface area contributed by atoms with Crippen LogP contribution in [-0.4, -0.2) is 51.8 Å². The fourth-order valence-electron chi connectivity index (χ4n) is 2.43. The van der Waals surface area contributed by atoms with Gasteiger partial charge >= 0.3 is 0 Å². The van der Waals surface area contributed by atoms with Crippen molar-refractivity contribution in [1.29, 1.82) is 0 Å². The van der Waals surface area contributed by atoms with Gasteiger partial charge in [-0.3, -0.25) is 4.79 Å². The topological polar surface area (TPSA) is 66.9 Å². The zero-order valence-corrected chi connectivity index (χ0v) is 17.8. The number of halogens is 1. The molecule has 2 aromatic carbocycles. The number of sulfonamides is 1. The molecule has 0 saturated heterocycles.